The highest BCUT2D eigenvalue weighted by Gasteiger charge is 2.35. The highest BCUT2D eigenvalue weighted by molar-refractivity contribution is 7.92. The number of nitrogens with zero attached hydrogens (tertiary/aromatic N) is 2. The van der Waals surface area contributed by atoms with E-state index in [0.717, 1.165) is 9.87 Å². The van der Waals surface area contributed by atoms with Crippen molar-refractivity contribution in [2.75, 3.05) is 10.8 Å². The molecule has 44 heavy (non-hydrogen) atoms. The summed E-state index contributed by atoms with van der Waals surface area (Å²) in [6, 6.07) is 29.5. The fourth-order valence-corrected chi connectivity index (χ4v) is 6.42. The predicted octanol–water partition coefficient (Wildman–Crippen LogP) is 6.74. The number of hydrogen-bond donors (Lipinski definition) is 1. The number of amides is 2. The Kier molecular flexibility index (Phi) is 11.4. The summed E-state index contributed by atoms with van der Waals surface area (Å²) >= 11 is 12.7. The van der Waals surface area contributed by atoms with Gasteiger partial charge in [0.25, 0.3) is 10.0 Å². The first-order valence-corrected chi connectivity index (χ1v) is 16.5. The van der Waals surface area contributed by atoms with E-state index < -0.39 is 28.5 Å². The van der Waals surface area contributed by atoms with Crippen molar-refractivity contribution in [3.63, 3.8) is 0 Å². The molecule has 0 aromatic heterocycles. The Morgan fingerprint density at radius 1 is 0.818 bits per heavy atom. The lowest BCUT2D eigenvalue weighted by atomic mass is 10.0. The van der Waals surface area contributed by atoms with E-state index in [4.69, 9.17) is 23.2 Å². The Bertz CT molecular complexity index is 1650. The van der Waals surface area contributed by atoms with E-state index >= 15 is 0 Å². The van der Waals surface area contributed by atoms with Gasteiger partial charge in [0.1, 0.15) is 12.6 Å². The maximum atomic E-state index is 14.4. The van der Waals surface area contributed by atoms with E-state index in [1.807, 2.05) is 44.2 Å². The number of carbonyl (C=O) groups is 2. The molecule has 0 unspecified atom stereocenters. The van der Waals surface area contributed by atoms with Crippen LogP contribution in [0.3, 0.4) is 0 Å². The van der Waals surface area contributed by atoms with Crippen molar-refractivity contribution < 1.29 is 18.0 Å². The average Bonchev–Trinajstić information content (AvgIpc) is 3.03. The van der Waals surface area contributed by atoms with Crippen LogP contribution >= 0.6 is 23.2 Å². The van der Waals surface area contributed by atoms with Gasteiger partial charge in [-0.15, -0.1) is 0 Å². The molecule has 0 spiro atoms. The molecule has 0 bridgehead atoms. The molecule has 0 saturated heterocycles. The predicted molar refractivity (Wildman–Crippen MR) is 176 cm³/mol. The van der Waals surface area contributed by atoms with Crippen LogP contribution in [0.2, 0.25) is 10.0 Å². The van der Waals surface area contributed by atoms with Crippen molar-refractivity contribution in [1.29, 1.82) is 0 Å². The summed E-state index contributed by atoms with van der Waals surface area (Å²) in [5.41, 5.74) is 1.73. The van der Waals surface area contributed by atoms with Gasteiger partial charge in [-0.25, -0.2) is 8.42 Å². The fourth-order valence-electron chi connectivity index (χ4n) is 4.66. The molecule has 10 heteroatoms. The third kappa shape index (κ3) is 8.40. The number of hydrogen-bond acceptors (Lipinski definition) is 4. The Labute approximate surface area is 269 Å². The molecule has 2 amide bonds. The van der Waals surface area contributed by atoms with E-state index in [-0.39, 0.29) is 35.5 Å². The van der Waals surface area contributed by atoms with Gasteiger partial charge in [-0.05, 0) is 66.9 Å². The molecule has 4 rings (SSSR count). The van der Waals surface area contributed by atoms with Crippen molar-refractivity contribution in [2.24, 2.45) is 0 Å². The van der Waals surface area contributed by atoms with Gasteiger partial charge >= 0.3 is 0 Å². The highest BCUT2D eigenvalue weighted by atomic mass is 35.5. The SMILES string of the molecule is CC[C@@H](C)NC(=O)[C@@H](Cc1ccccc1)N(Cc1ccccc1Cl)C(=O)CN(c1ccc(Cl)cc1)S(=O)(=O)c1ccccc1. The molecule has 2 atom stereocenters. The van der Waals surface area contributed by atoms with E-state index in [0.29, 0.717) is 22.0 Å². The molecule has 0 heterocycles. The molecule has 0 aliphatic carbocycles. The lowest BCUT2D eigenvalue weighted by Gasteiger charge is -2.34. The van der Waals surface area contributed by atoms with Gasteiger partial charge in [-0.3, -0.25) is 13.9 Å². The third-order valence-electron chi connectivity index (χ3n) is 7.30. The zero-order valence-corrected chi connectivity index (χ0v) is 26.9. The number of rotatable bonds is 13. The normalized spacial score (nSPS) is 12.6. The average molecular weight is 653 g/mol. The fraction of sp³-hybridized carbons (Fsp3) is 0.235. The summed E-state index contributed by atoms with van der Waals surface area (Å²) in [7, 11) is -4.19. The van der Waals surface area contributed by atoms with Crippen LogP contribution in [-0.4, -0.2) is 43.8 Å². The summed E-state index contributed by atoms with van der Waals surface area (Å²) in [5.74, 6) is -0.910. The molecule has 1 N–H and O–H groups in total. The molecule has 0 aliphatic heterocycles. The van der Waals surface area contributed by atoms with Crippen molar-refractivity contribution in [3.05, 3.63) is 130 Å². The smallest absolute Gasteiger partial charge is 0.264 e. The second kappa shape index (κ2) is 15.2. The maximum absolute atomic E-state index is 14.4. The number of sulfonamides is 1. The molecule has 0 fully saturated rings. The molecule has 7 nitrogen and oxygen atoms in total. The van der Waals surface area contributed by atoms with Crippen LogP contribution < -0.4 is 9.62 Å². The van der Waals surface area contributed by atoms with Crippen LogP contribution in [0.15, 0.2) is 114 Å². The van der Waals surface area contributed by atoms with E-state index in [9.17, 15) is 18.0 Å². The van der Waals surface area contributed by atoms with Gasteiger partial charge in [0.05, 0.1) is 10.6 Å². The number of carbonyl (C=O) groups excluding carboxylic acids is 2. The minimum Gasteiger partial charge on any atom is -0.352 e. The van der Waals surface area contributed by atoms with Crippen LogP contribution in [0.25, 0.3) is 0 Å². The van der Waals surface area contributed by atoms with Gasteiger partial charge in [0, 0.05) is 29.1 Å². The molecule has 0 radical (unpaired) electrons. The maximum Gasteiger partial charge on any atom is 0.264 e. The number of anilines is 1. The number of nitrogens with one attached hydrogen (secondary N) is 1. The molecule has 230 valence electrons. The van der Waals surface area contributed by atoms with Gasteiger partial charge in [0.15, 0.2) is 0 Å². The molecule has 4 aromatic carbocycles. The first-order valence-electron chi connectivity index (χ1n) is 14.3. The van der Waals surface area contributed by atoms with Crippen LogP contribution in [0.5, 0.6) is 0 Å². The first kappa shape index (κ1) is 33.1. The molecular formula is C34H35Cl2N3O4S. The number of halogens is 2. The molecule has 4 aromatic rings. The first-order chi connectivity index (χ1) is 21.1. The zero-order chi connectivity index (χ0) is 31.7. The standard InChI is InChI=1S/C34H35Cl2N3O4S/c1-3-25(2)37-34(41)32(22-26-12-6-4-7-13-26)38(23-27-14-10-11-17-31(27)36)33(40)24-39(29-20-18-28(35)19-21-29)44(42,43)30-15-8-5-9-16-30/h4-21,25,32H,3,22-24H2,1-2H3,(H,37,41)/t25-,32-/m1/s1. The summed E-state index contributed by atoms with van der Waals surface area (Å²) in [4.78, 5) is 29.8. The van der Waals surface area contributed by atoms with Gasteiger partial charge in [-0.1, -0.05) is 96.9 Å². The Balaban J connectivity index is 1.80. The van der Waals surface area contributed by atoms with Crippen molar-refractivity contribution in [3.8, 4) is 0 Å². The topological polar surface area (TPSA) is 86.8 Å². The monoisotopic (exact) mass is 651 g/mol. The quantitative estimate of drug-likeness (QED) is 0.173. The summed E-state index contributed by atoms with van der Waals surface area (Å²) in [5, 5.41) is 3.87. The van der Waals surface area contributed by atoms with Crippen molar-refractivity contribution in [1.82, 2.24) is 10.2 Å². The Hall–Kier alpha value is -3.85. The van der Waals surface area contributed by atoms with Crippen LogP contribution in [0.1, 0.15) is 31.4 Å². The van der Waals surface area contributed by atoms with Gasteiger partial charge in [-0.2, -0.15) is 0 Å². The summed E-state index contributed by atoms with van der Waals surface area (Å²) in [6.07, 6.45) is 0.910. The lowest BCUT2D eigenvalue weighted by Crippen LogP contribution is -2.54. The van der Waals surface area contributed by atoms with Gasteiger partial charge < -0.3 is 10.2 Å². The van der Waals surface area contributed by atoms with Crippen LogP contribution in [-0.2, 0) is 32.6 Å². The minimum absolute atomic E-state index is 0.0101. The Morgan fingerprint density at radius 2 is 1.41 bits per heavy atom. The summed E-state index contributed by atoms with van der Waals surface area (Å²) in [6.45, 7) is 3.28. The van der Waals surface area contributed by atoms with Crippen molar-refractivity contribution in [2.45, 2.75) is 50.2 Å². The van der Waals surface area contributed by atoms with E-state index in [1.54, 1.807) is 66.7 Å². The number of benzene rings is 4. The van der Waals surface area contributed by atoms with Crippen molar-refractivity contribution >= 4 is 50.7 Å². The minimum atomic E-state index is -4.19. The highest BCUT2D eigenvalue weighted by Crippen LogP contribution is 2.27. The molecule has 0 saturated carbocycles. The third-order valence-corrected chi connectivity index (χ3v) is 9.70. The van der Waals surface area contributed by atoms with Crippen LogP contribution in [0, 0.1) is 0 Å². The second-order valence-electron chi connectivity index (χ2n) is 10.4. The van der Waals surface area contributed by atoms with Crippen LogP contribution in [0.4, 0.5) is 5.69 Å². The molecular weight excluding hydrogens is 617 g/mol. The lowest BCUT2D eigenvalue weighted by molar-refractivity contribution is -0.140. The largest absolute Gasteiger partial charge is 0.352 e. The summed E-state index contributed by atoms with van der Waals surface area (Å²) < 4.78 is 29.0. The van der Waals surface area contributed by atoms with E-state index in [2.05, 4.69) is 5.32 Å². The zero-order valence-electron chi connectivity index (χ0n) is 24.6. The Morgan fingerprint density at radius 3 is 2.02 bits per heavy atom. The van der Waals surface area contributed by atoms with E-state index in [1.165, 1.54) is 17.0 Å². The van der Waals surface area contributed by atoms with Gasteiger partial charge in [0.2, 0.25) is 11.8 Å². The molecule has 0 aliphatic rings. The second-order valence-corrected chi connectivity index (χ2v) is 13.1.